The molecule has 0 aromatic rings. The summed E-state index contributed by atoms with van der Waals surface area (Å²) < 4.78 is 187. The van der Waals surface area contributed by atoms with Crippen LogP contribution in [0.1, 0.15) is 33.6 Å². The molecule has 0 heterocycles. The molecule has 0 saturated carbocycles. The Balaban J connectivity index is 5.95. The molecule has 0 saturated heterocycles. The molecular weight excluding hydrogens is 490 g/mol. The van der Waals surface area contributed by atoms with Gasteiger partial charge in [-0.15, -0.1) is 0 Å². The summed E-state index contributed by atoms with van der Waals surface area (Å²) in [4.78, 5) is 0. The summed E-state index contributed by atoms with van der Waals surface area (Å²) in [7, 11) is 0. The SMILES string of the molecule is CC[O][Al]([O]CC)[O]C(C)C(F)(F)C(F)(F)C(F)(F)C(F)(F)C(F)(F)CCC(F)(F)F. The Morgan fingerprint density at radius 3 is 1.42 bits per heavy atom. The van der Waals surface area contributed by atoms with Crippen molar-refractivity contribution in [3.05, 3.63) is 0 Å². The van der Waals surface area contributed by atoms with Crippen molar-refractivity contribution in [2.45, 2.75) is 75.5 Å². The lowest BCUT2D eigenvalue weighted by molar-refractivity contribution is -0.410. The zero-order chi connectivity index (χ0) is 25.1. The minimum Gasteiger partial charge on any atom is -0.455 e. The maximum atomic E-state index is 14.0. The second kappa shape index (κ2) is 10.2. The van der Waals surface area contributed by atoms with Gasteiger partial charge < -0.3 is 11.4 Å². The van der Waals surface area contributed by atoms with Crippen LogP contribution in [0.5, 0.6) is 0 Å². The quantitative estimate of drug-likeness (QED) is 0.227. The summed E-state index contributed by atoms with van der Waals surface area (Å²) in [6.45, 7) is 2.12. The van der Waals surface area contributed by atoms with Crippen LogP contribution in [0.15, 0.2) is 0 Å². The third-order valence-corrected chi connectivity index (χ3v) is 5.66. The maximum Gasteiger partial charge on any atom is 0.905 e. The van der Waals surface area contributed by atoms with E-state index < -0.39 is 69.9 Å². The van der Waals surface area contributed by atoms with Crippen LogP contribution in [0.25, 0.3) is 0 Å². The first-order chi connectivity index (χ1) is 13.6. The molecule has 1 atom stereocenters. The van der Waals surface area contributed by atoms with E-state index in [2.05, 4.69) is 11.4 Å². The standard InChI is InChI=1S/C10H8F13O.2C2H5O.Al/c1-4(24)7(16,17)9(20,21)10(22,23)8(18,19)5(11,12)2-3-6(13,14)15;2*1-2-3;/h4H,2-3H2,1H3;2*2H2,1H3;/q3*-1;+3. The van der Waals surface area contributed by atoms with E-state index in [1.807, 2.05) is 0 Å². The van der Waals surface area contributed by atoms with Crippen LogP contribution in [0.2, 0.25) is 0 Å². The molecule has 31 heavy (non-hydrogen) atoms. The maximum absolute atomic E-state index is 14.0. The van der Waals surface area contributed by atoms with E-state index in [1.165, 1.54) is 13.8 Å². The van der Waals surface area contributed by atoms with E-state index in [-0.39, 0.29) is 20.1 Å². The summed E-state index contributed by atoms with van der Waals surface area (Å²) in [5.74, 6) is -34.6. The fourth-order valence-electron chi connectivity index (χ4n) is 2.00. The average molecular weight is 508 g/mol. The molecule has 0 aromatic heterocycles. The normalized spacial score (nSPS) is 15.9. The summed E-state index contributed by atoms with van der Waals surface area (Å²) in [5, 5.41) is 0. The van der Waals surface area contributed by atoms with Gasteiger partial charge in [0, 0.05) is 26.1 Å². The number of alkyl halides is 13. The van der Waals surface area contributed by atoms with Crippen molar-refractivity contribution < 1.29 is 68.4 Å². The lowest BCUT2D eigenvalue weighted by Gasteiger charge is -2.41. The Morgan fingerprint density at radius 1 is 0.645 bits per heavy atom. The van der Waals surface area contributed by atoms with Crippen molar-refractivity contribution in [2.24, 2.45) is 0 Å². The zero-order valence-electron chi connectivity index (χ0n) is 16.1. The molecule has 0 aliphatic carbocycles. The second-order valence-corrected chi connectivity index (χ2v) is 7.66. The largest absolute Gasteiger partial charge is 0.905 e. The average Bonchev–Trinajstić information content (AvgIpc) is 2.59. The molecule has 0 radical (unpaired) electrons. The molecule has 0 aliphatic rings. The molecule has 186 valence electrons. The molecule has 0 fully saturated rings. The third kappa shape index (κ3) is 6.52. The lowest BCUT2D eigenvalue weighted by atomic mass is 9.90. The highest BCUT2D eigenvalue weighted by Gasteiger charge is 2.86. The minimum absolute atomic E-state index is 0.0575. The molecule has 0 amide bonds. The molecule has 0 bridgehead atoms. The molecule has 0 rings (SSSR count). The highest BCUT2D eigenvalue weighted by atomic mass is 27.3. The summed E-state index contributed by atoms with van der Waals surface area (Å²) >= 11 is -3.64. The predicted octanol–water partition coefficient (Wildman–Crippen LogP) is 5.97. The Kier molecular flexibility index (Phi) is 10.0. The number of halogens is 13. The summed E-state index contributed by atoms with van der Waals surface area (Å²) in [6.07, 6.45) is -14.6. The first kappa shape index (κ1) is 30.5. The van der Waals surface area contributed by atoms with Crippen LogP contribution in [0.3, 0.4) is 0 Å². The monoisotopic (exact) mass is 508 g/mol. The van der Waals surface area contributed by atoms with Gasteiger partial charge in [0.25, 0.3) is 0 Å². The fraction of sp³-hybridized carbons (Fsp3) is 1.00. The molecule has 0 spiro atoms. The van der Waals surface area contributed by atoms with Gasteiger partial charge in [-0.3, -0.25) is 0 Å². The zero-order valence-corrected chi connectivity index (χ0v) is 17.3. The fourth-order valence-corrected chi connectivity index (χ4v) is 3.30. The van der Waals surface area contributed by atoms with E-state index >= 15 is 0 Å². The Hall–Kier alpha value is -0.498. The summed E-state index contributed by atoms with van der Waals surface area (Å²) in [6, 6.07) is 0. The molecule has 0 aromatic carbocycles. The van der Waals surface area contributed by atoms with Gasteiger partial charge in [-0.05, 0) is 20.8 Å². The van der Waals surface area contributed by atoms with Crippen LogP contribution < -0.4 is 0 Å². The molecular formula is C14H18AlF13O3. The highest BCUT2D eigenvalue weighted by molar-refractivity contribution is 6.36. The van der Waals surface area contributed by atoms with E-state index in [1.54, 1.807) is 0 Å². The molecule has 3 nitrogen and oxygen atoms in total. The first-order valence-electron chi connectivity index (χ1n) is 8.46. The minimum atomic E-state index is -7.48. The molecule has 0 aliphatic heterocycles. The van der Waals surface area contributed by atoms with E-state index in [4.69, 9.17) is 0 Å². The van der Waals surface area contributed by atoms with Crippen molar-refractivity contribution >= 4 is 15.1 Å². The van der Waals surface area contributed by atoms with Gasteiger partial charge in [0.2, 0.25) is 0 Å². The van der Waals surface area contributed by atoms with Crippen LogP contribution in [0, 0.1) is 0 Å². The Bertz CT molecular complexity index is 562. The van der Waals surface area contributed by atoms with Gasteiger partial charge >= 0.3 is 50.9 Å². The van der Waals surface area contributed by atoms with Crippen molar-refractivity contribution in [1.82, 2.24) is 0 Å². The molecule has 0 N–H and O–H groups in total. The van der Waals surface area contributed by atoms with Crippen molar-refractivity contribution in [1.29, 1.82) is 0 Å². The highest BCUT2D eigenvalue weighted by Crippen LogP contribution is 2.59. The number of hydrogen-bond acceptors (Lipinski definition) is 3. The first-order valence-corrected chi connectivity index (χ1v) is 9.88. The van der Waals surface area contributed by atoms with Crippen LogP contribution in [-0.2, 0) is 11.4 Å². The van der Waals surface area contributed by atoms with Crippen molar-refractivity contribution in [3.8, 4) is 0 Å². The van der Waals surface area contributed by atoms with E-state index in [9.17, 15) is 57.1 Å². The van der Waals surface area contributed by atoms with Gasteiger partial charge in [-0.2, -0.15) is 57.1 Å². The van der Waals surface area contributed by atoms with Crippen LogP contribution in [0.4, 0.5) is 57.1 Å². The molecule has 1 unspecified atom stereocenters. The smallest absolute Gasteiger partial charge is 0.455 e. The number of rotatable bonds is 13. The Morgan fingerprint density at radius 2 is 1.06 bits per heavy atom. The number of hydrogen-bond donors (Lipinski definition) is 0. The van der Waals surface area contributed by atoms with Gasteiger partial charge in [-0.25, -0.2) is 0 Å². The van der Waals surface area contributed by atoms with E-state index in [0.29, 0.717) is 0 Å². The topological polar surface area (TPSA) is 27.7 Å². The van der Waals surface area contributed by atoms with Crippen LogP contribution >= 0.6 is 0 Å². The van der Waals surface area contributed by atoms with Crippen molar-refractivity contribution in [3.63, 3.8) is 0 Å². The van der Waals surface area contributed by atoms with Gasteiger partial charge in [0.05, 0.1) is 6.10 Å². The van der Waals surface area contributed by atoms with Crippen molar-refractivity contribution in [2.75, 3.05) is 13.2 Å². The Labute approximate surface area is 173 Å². The van der Waals surface area contributed by atoms with Crippen LogP contribution in [-0.4, -0.2) is 70.3 Å². The second-order valence-electron chi connectivity index (χ2n) is 6.14. The van der Waals surface area contributed by atoms with Gasteiger partial charge in [0.1, 0.15) is 0 Å². The van der Waals surface area contributed by atoms with E-state index in [0.717, 1.165) is 0 Å². The molecule has 17 heteroatoms. The predicted molar refractivity (Wildman–Crippen MR) is 79.6 cm³/mol. The lowest BCUT2D eigenvalue weighted by Crippen LogP contribution is -2.69. The van der Waals surface area contributed by atoms with Gasteiger partial charge in [0.15, 0.2) is 0 Å². The summed E-state index contributed by atoms with van der Waals surface area (Å²) in [5.41, 5.74) is 0. The third-order valence-electron chi connectivity index (χ3n) is 3.82. The van der Waals surface area contributed by atoms with Gasteiger partial charge in [-0.1, -0.05) is 0 Å².